The van der Waals surface area contributed by atoms with Crippen molar-refractivity contribution in [2.45, 2.75) is 24.9 Å². The lowest BCUT2D eigenvalue weighted by atomic mass is 10.0. The molecule has 1 aliphatic carbocycles. The Kier molecular flexibility index (Phi) is 6.68. The fraction of sp³-hybridized carbons (Fsp3) is 0.462. The lowest BCUT2D eigenvalue weighted by molar-refractivity contribution is 0.0513. The first-order valence-electron chi connectivity index (χ1n) is 12.0. The topological polar surface area (TPSA) is 36.0 Å². The fourth-order valence-electron chi connectivity index (χ4n) is 5.43. The molecule has 2 aromatic carbocycles. The second-order valence-corrected chi connectivity index (χ2v) is 11.9. The van der Waals surface area contributed by atoms with Crippen LogP contribution in [0.2, 0.25) is 0 Å². The molecule has 32 heavy (non-hydrogen) atoms. The van der Waals surface area contributed by atoms with Crippen molar-refractivity contribution in [3.63, 3.8) is 0 Å². The van der Waals surface area contributed by atoms with Gasteiger partial charge in [-0.05, 0) is 31.4 Å². The van der Waals surface area contributed by atoms with Crippen molar-refractivity contribution < 1.29 is 9.30 Å². The molecule has 0 N–H and O–H groups in total. The second kappa shape index (κ2) is 9.82. The second-order valence-electron chi connectivity index (χ2n) is 8.91. The zero-order valence-corrected chi connectivity index (χ0v) is 19.7. The van der Waals surface area contributed by atoms with Crippen LogP contribution in [0.3, 0.4) is 0 Å². The van der Waals surface area contributed by atoms with Crippen LogP contribution in [0.15, 0.2) is 72.4 Å². The largest absolute Gasteiger partial charge is 0.378 e. The lowest BCUT2D eigenvalue weighted by Crippen LogP contribution is -2.49. The summed E-state index contributed by atoms with van der Waals surface area (Å²) in [4.78, 5) is 4.87. The van der Waals surface area contributed by atoms with Gasteiger partial charge in [-0.25, -0.2) is 4.67 Å². The molecule has 6 heteroatoms. The molecule has 3 aliphatic rings. The van der Waals surface area contributed by atoms with Gasteiger partial charge in [0.05, 0.1) is 18.9 Å². The molecule has 170 valence electrons. The highest BCUT2D eigenvalue weighted by atomic mass is 31.2. The van der Waals surface area contributed by atoms with E-state index in [-0.39, 0.29) is 5.66 Å². The third-order valence-corrected chi connectivity index (χ3v) is 10.7. The van der Waals surface area contributed by atoms with Crippen molar-refractivity contribution >= 4 is 18.3 Å². The molecule has 0 unspecified atom stereocenters. The van der Waals surface area contributed by atoms with Gasteiger partial charge < -0.3 is 19.1 Å². The zero-order valence-electron chi connectivity index (χ0n) is 18.8. The standard InChI is InChI=1S/C26H34N3O2P/c30-32(24-11-5-2-6-12-24,26-14-8-7-13-25(26)28-19-21-31-22-20-28)29-17-15-27(16-18-29)23-9-3-1-4-10-23/h1-6,9-13,26H,7-8,14-22H2/t26-,32+/m0/s1. The number of piperazine rings is 1. The summed E-state index contributed by atoms with van der Waals surface area (Å²) in [5.74, 6) is 0. The molecule has 2 aromatic rings. The van der Waals surface area contributed by atoms with E-state index in [4.69, 9.17) is 4.74 Å². The number of hydrogen-bond donors (Lipinski definition) is 0. The smallest absolute Gasteiger partial charge is 0.187 e. The van der Waals surface area contributed by atoms with Crippen molar-refractivity contribution in [3.8, 4) is 0 Å². The van der Waals surface area contributed by atoms with Gasteiger partial charge in [0.25, 0.3) is 0 Å². The summed E-state index contributed by atoms with van der Waals surface area (Å²) in [5.41, 5.74) is 2.63. The van der Waals surface area contributed by atoms with E-state index in [2.05, 4.69) is 63.0 Å². The minimum absolute atomic E-state index is 0.0695. The maximum absolute atomic E-state index is 15.2. The highest BCUT2D eigenvalue weighted by molar-refractivity contribution is 7.70. The quantitative estimate of drug-likeness (QED) is 0.638. The van der Waals surface area contributed by atoms with Crippen molar-refractivity contribution in [2.75, 3.05) is 57.4 Å². The average Bonchev–Trinajstić information content (AvgIpc) is 2.90. The average molecular weight is 452 g/mol. The van der Waals surface area contributed by atoms with E-state index in [0.717, 1.165) is 77.0 Å². The van der Waals surface area contributed by atoms with Crippen LogP contribution < -0.4 is 10.2 Å². The number of anilines is 1. The van der Waals surface area contributed by atoms with Crippen LogP contribution in [0, 0.1) is 0 Å². The van der Waals surface area contributed by atoms with Crippen LogP contribution in [0.5, 0.6) is 0 Å². The van der Waals surface area contributed by atoms with E-state index in [1.165, 1.54) is 11.4 Å². The van der Waals surface area contributed by atoms with E-state index in [0.29, 0.717) is 0 Å². The number of morpholine rings is 1. The van der Waals surface area contributed by atoms with E-state index in [1.54, 1.807) is 0 Å². The summed E-state index contributed by atoms with van der Waals surface area (Å²) in [6.45, 7) is 6.79. The van der Waals surface area contributed by atoms with Crippen LogP contribution in [-0.2, 0) is 9.30 Å². The first-order chi connectivity index (χ1) is 15.8. The summed E-state index contributed by atoms with van der Waals surface area (Å²) in [6, 6.07) is 20.9. The summed E-state index contributed by atoms with van der Waals surface area (Å²) in [5, 5.41) is 1.01. The maximum Gasteiger partial charge on any atom is 0.187 e. The predicted molar refractivity (Wildman–Crippen MR) is 132 cm³/mol. The molecular weight excluding hydrogens is 417 g/mol. The van der Waals surface area contributed by atoms with Crippen molar-refractivity contribution in [1.29, 1.82) is 0 Å². The van der Waals surface area contributed by atoms with Gasteiger partial charge in [-0.3, -0.25) is 0 Å². The molecule has 2 heterocycles. The number of benzene rings is 2. The third-order valence-electron chi connectivity index (χ3n) is 7.10. The Labute approximate surface area is 192 Å². The molecular formula is C26H34N3O2P. The number of rotatable bonds is 5. The molecule has 0 spiro atoms. The van der Waals surface area contributed by atoms with Gasteiger partial charge in [-0.1, -0.05) is 54.6 Å². The Morgan fingerprint density at radius 3 is 2.12 bits per heavy atom. The van der Waals surface area contributed by atoms with Crippen LogP contribution >= 0.6 is 7.29 Å². The Morgan fingerprint density at radius 2 is 1.44 bits per heavy atom. The van der Waals surface area contributed by atoms with Gasteiger partial charge >= 0.3 is 0 Å². The number of nitrogens with zero attached hydrogens (tertiary/aromatic N) is 3. The highest BCUT2D eigenvalue weighted by Gasteiger charge is 2.45. The van der Waals surface area contributed by atoms with Crippen molar-refractivity contribution in [2.24, 2.45) is 0 Å². The van der Waals surface area contributed by atoms with Gasteiger partial charge in [0.1, 0.15) is 0 Å². The van der Waals surface area contributed by atoms with Crippen molar-refractivity contribution in [3.05, 3.63) is 72.4 Å². The number of ether oxygens (including phenoxy) is 1. The Bertz CT molecular complexity index is 952. The van der Waals surface area contributed by atoms with E-state index >= 15 is 4.57 Å². The molecule has 2 atom stereocenters. The number of hydrogen-bond acceptors (Lipinski definition) is 4. The van der Waals surface area contributed by atoms with Gasteiger partial charge in [0.2, 0.25) is 0 Å². The van der Waals surface area contributed by atoms with Gasteiger partial charge in [0, 0.05) is 56.0 Å². The third kappa shape index (κ3) is 4.26. The Morgan fingerprint density at radius 1 is 0.781 bits per heavy atom. The molecule has 0 amide bonds. The maximum atomic E-state index is 15.2. The molecule has 2 saturated heterocycles. The summed E-state index contributed by atoms with van der Waals surface area (Å²) < 4.78 is 23.2. The van der Waals surface area contributed by atoms with Crippen LogP contribution in [-0.4, -0.2) is 67.7 Å². The minimum atomic E-state index is -2.81. The first kappa shape index (κ1) is 21.8. The number of allylic oxidation sites excluding steroid dienone is 2. The summed E-state index contributed by atoms with van der Waals surface area (Å²) >= 11 is 0. The van der Waals surface area contributed by atoms with Crippen molar-refractivity contribution in [1.82, 2.24) is 9.57 Å². The molecule has 2 fully saturated rings. The molecule has 0 aromatic heterocycles. The highest BCUT2D eigenvalue weighted by Crippen LogP contribution is 2.58. The Hall–Kier alpha value is -2.07. The molecule has 0 saturated carbocycles. The van der Waals surface area contributed by atoms with Crippen LogP contribution in [0.1, 0.15) is 19.3 Å². The normalized spacial score (nSPS) is 24.6. The molecule has 2 aliphatic heterocycles. The molecule has 0 bridgehead atoms. The van der Waals surface area contributed by atoms with E-state index in [9.17, 15) is 0 Å². The van der Waals surface area contributed by atoms with E-state index < -0.39 is 7.29 Å². The van der Waals surface area contributed by atoms with Crippen LogP contribution in [0.4, 0.5) is 5.69 Å². The SMILES string of the molecule is O=[P@](c1ccccc1)([C@H]1CCCC=C1N1CCOCC1)N1CCN(c2ccccc2)CC1. The summed E-state index contributed by atoms with van der Waals surface area (Å²) in [7, 11) is -2.81. The lowest BCUT2D eigenvalue weighted by Gasteiger charge is -2.46. The van der Waals surface area contributed by atoms with Gasteiger partial charge in [0.15, 0.2) is 7.29 Å². The molecule has 0 radical (unpaired) electrons. The van der Waals surface area contributed by atoms with Gasteiger partial charge in [-0.15, -0.1) is 0 Å². The van der Waals surface area contributed by atoms with Gasteiger partial charge in [-0.2, -0.15) is 0 Å². The van der Waals surface area contributed by atoms with Crippen LogP contribution in [0.25, 0.3) is 0 Å². The van der Waals surface area contributed by atoms with E-state index in [1.807, 2.05) is 18.2 Å². The monoisotopic (exact) mass is 451 g/mol. The Balaban J connectivity index is 1.45. The number of para-hydroxylation sites is 1. The zero-order chi connectivity index (χ0) is 21.8. The molecule has 5 nitrogen and oxygen atoms in total. The summed E-state index contributed by atoms with van der Waals surface area (Å²) in [6.07, 6.45) is 5.56. The fourth-order valence-corrected chi connectivity index (χ4v) is 9.05. The molecule has 5 rings (SSSR count). The predicted octanol–water partition coefficient (Wildman–Crippen LogP) is 4.18. The first-order valence-corrected chi connectivity index (χ1v) is 13.7. The minimum Gasteiger partial charge on any atom is -0.378 e.